The molecule has 7 nitrogen and oxygen atoms in total. The molecule has 4 rings (SSSR count). The fourth-order valence-electron chi connectivity index (χ4n) is 3.17. The molecule has 0 fully saturated rings. The van der Waals surface area contributed by atoms with Gasteiger partial charge in [-0.25, -0.2) is 0 Å². The van der Waals surface area contributed by atoms with Crippen molar-refractivity contribution in [3.05, 3.63) is 58.0 Å². The van der Waals surface area contributed by atoms with Gasteiger partial charge in [0, 0.05) is 32.3 Å². The molecule has 0 atom stereocenters. The molecule has 0 radical (unpaired) electrons. The standard InChI is InChI=1S/C17H14ClF3N6O/c1-25-7-6-14(23-25)27-13-5-8-26(9-12(13)22-24-27)16(28)10-3-2-4-11(15(10)18)17(19,20)21/h2-4,6-7H,5,8-9H2,1H3. The van der Waals surface area contributed by atoms with E-state index >= 15 is 0 Å². The van der Waals surface area contributed by atoms with E-state index in [1.807, 2.05) is 0 Å². The molecule has 0 saturated carbocycles. The Labute approximate surface area is 162 Å². The first kappa shape index (κ1) is 18.5. The van der Waals surface area contributed by atoms with Crippen LogP contribution in [0.5, 0.6) is 0 Å². The van der Waals surface area contributed by atoms with Crippen LogP contribution >= 0.6 is 11.6 Å². The minimum Gasteiger partial charge on any atom is -0.332 e. The third-order valence-corrected chi connectivity index (χ3v) is 4.95. The highest BCUT2D eigenvalue weighted by atomic mass is 35.5. The van der Waals surface area contributed by atoms with Crippen LogP contribution in [0.4, 0.5) is 13.2 Å². The largest absolute Gasteiger partial charge is 0.417 e. The summed E-state index contributed by atoms with van der Waals surface area (Å²) in [6.45, 7) is 0.437. The van der Waals surface area contributed by atoms with E-state index in [0.717, 1.165) is 11.8 Å². The fraction of sp³-hybridized carbons (Fsp3) is 0.294. The van der Waals surface area contributed by atoms with Gasteiger partial charge in [-0.3, -0.25) is 9.48 Å². The number of halogens is 4. The number of alkyl halides is 3. The first-order chi connectivity index (χ1) is 13.3. The van der Waals surface area contributed by atoms with Crippen molar-refractivity contribution in [2.75, 3.05) is 6.54 Å². The maximum atomic E-state index is 13.1. The Morgan fingerprint density at radius 2 is 2.04 bits per heavy atom. The van der Waals surface area contributed by atoms with Gasteiger partial charge in [0.25, 0.3) is 5.91 Å². The third-order valence-electron chi connectivity index (χ3n) is 4.54. The van der Waals surface area contributed by atoms with Crippen molar-refractivity contribution in [1.82, 2.24) is 29.7 Å². The van der Waals surface area contributed by atoms with Gasteiger partial charge in [0.2, 0.25) is 0 Å². The van der Waals surface area contributed by atoms with Crippen molar-refractivity contribution in [2.45, 2.75) is 19.1 Å². The Morgan fingerprint density at radius 1 is 1.25 bits per heavy atom. The molecule has 146 valence electrons. The second-order valence-corrected chi connectivity index (χ2v) is 6.76. The number of aromatic nitrogens is 5. The van der Waals surface area contributed by atoms with Crippen LogP contribution in [0.2, 0.25) is 5.02 Å². The highest BCUT2D eigenvalue weighted by Crippen LogP contribution is 2.36. The fourth-order valence-corrected chi connectivity index (χ4v) is 3.48. The molecule has 1 amide bonds. The summed E-state index contributed by atoms with van der Waals surface area (Å²) in [7, 11) is 1.78. The summed E-state index contributed by atoms with van der Waals surface area (Å²) in [5.74, 6) is 0.0334. The number of hydrogen-bond acceptors (Lipinski definition) is 4. The molecular weight excluding hydrogens is 397 g/mol. The lowest BCUT2D eigenvalue weighted by Crippen LogP contribution is -2.36. The van der Waals surface area contributed by atoms with E-state index in [0.29, 0.717) is 24.5 Å². The van der Waals surface area contributed by atoms with Crippen LogP contribution in [0, 0.1) is 0 Å². The van der Waals surface area contributed by atoms with E-state index in [2.05, 4.69) is 15.4 Å². The molecule has 0 saturated heterocycles. The minimum atomic E-state index is -4.63. The Kier molecular flexibility index (Phi) is 4.37. The van der Waals surface area contributed by atoms with E-state index in [1.165, 1.54) is 17.0 Å². The van der Waals surface area contributed by atoms with E-state index in [1.54, 1.807) is 28.7 Å². The molecular formula is C17H14ClF3N6O. The zero-order valence-electron chi connectivity index (χ0n) is 14.6. The molecule has 0 aliphatic carbocycles. The summed E-state index contributed by atoms with van der Waals surface area (Å²) >= 11 is 5.88. The van der Waals surface area contributed by atoms with Crippen molar-refractivity contribution in [3.63, 3.8) is 0 Å². The Hall–Kier alpha value is -2.88. The average Bonchev–Trinajstić information content (AvgIpc) is 3.25. The van der Waals surface area contributed by atoms with E-state index in [-0.39, 0.29) is 12.1 Å². The molecule has 1 aliphatic rings. The van der Waals surface area contributed by atoms with Crippen molar-refractivity contribution in [3.8, 4) is 5.82 Å². The summed E-state index contributed by atoms with van der Waals surface area (Å²) in [5.41, 5.74) is 0.183. The lowest BCUT2D eigenvalue weighted by Gasteiger charge is -2.27. The number of carbonyl (C=O) groups is 1. The first-order valence-corrected chi connectivity index (χ1v) is 8.72. The number of nitrogens with zero attached hydrogens (tertiary/aromatic N) is 6. The molecule has 0 bridgehead atoms. The van der Waals surface area contributed by atoms with Crippen LogP contribution < -0.4 is 0 Å². The third kappa shape index (κ3) is 3.13. The second-order valence-electron chi connectivity index (χ2n) is 6.38. The van der Waals surface area contributed by atoms with E-state index in [9.17, 15) is 18.0 Å². The number of amides is 1. The topological polar surface area (TPSA) is 68.8 Å². The van der Waals surface area contributed by atoms with E-state index < -0.39 is 22.7 Å². The molecule has 0 spiro atoms. The summed E-state index contributed by atoms with van der Waals surface area (Å²) in [6, 6.07) is 5.11. The van der Waals surface area contributed by atoms with Crippen molar-refractivity contribution in [2.24, 2.45) is 7.05 Å². The number of fused-ring (bicyclic) bond motifs is 1. The monoisotopic (exact) mass is 410 g/mol. The maximum Gasteiger partial charge on any atom is 0.417 e. The van der Waals surface area contributed by atoms with Crippen LogP contribution in [-0.4, -0.2) is 42.1 Å². The number of aryl methyl sites for hydroxylation is 1. The minimum absolute atomic E-state index is 0.133. The summed E-state index contributed by atoms with van der Waals surface area (Å²) in [4.78, 5) is 14.2. The lowest BCUT2D eigenvalue weighted by molar-refractivity contribution is -0.137. The molecule has 28 heavy (non-hydrogen) atoms. The number of hydrogen-bond donors (Lipinski definition) is 0. The first-order valence-electron chi connectivity index (χ1n) is 8.34. The lowest BCUT2D eigenvalue weighted by atomic mass is 10.1. The van der Waals surface area contributed by atoms with Crippen molar-refractivity contribution >= 4 is 17.5 Å². The summed E-state index contributed by atoms with van der Waals surface area (Å²) in [5, 5.41) is 11.9. The van der Waals surface area contributed by atoms with E-state index in [4.69, 9.17) is 11.6 Å². The van der Waals surface area contributed by atoms with Crippen LogP contribution in [0.25, 0.3) is 5.82 Å². The van der Waals surface area contributed by atoms with Gasteiger partial charge in [-0.1, -0.05) is 22.9 Å². The molecule has 1 aromatic carbocycles. The van der Waals surface area contributed by atoms with Crippen LogP contribution in [0.1, 0.15) is 27.3 Å². The average molecular weight is 411 g/mol. The van der Waals surface area contributed by atoms with Gasteiger partial charge in [0.15, 0.2) is 5.82 Å². The van der Waals surface area contributed by atoms with Gasteiger partial charge in [-0.05, 0) is 12.1 Å². The van der Waals surface area contributed by atoms with Gasteiger partial charge < -0.3 is 4.90 Å². The molecule has 2 aromatic heterocycles. The summed E-state index contributed by atoms with van der Waals surface area (Å²) < 4.78 is 42.4. The highest BCUT2D eigenvalue weighted by molar-refractivity contribution is 6.34. The SMILES string of the molecule is Cn1ccc(-n2nnc3c2CCN(C(=O)c2cccc(C(F)(F)F)c2Cl)C3)n1. The molecule has 11 heteroatoms. The van der Waals surface area contributed by atoms with Gasteiger partial charge in [0.05, 0.1) is 28.4 Å². The maximum absolute atomic E-state index is 13.1. The molecule has 3 heterocycles. The second kappa shape index (κ2) is 6.62. The quantitative estimate of drug-likeness (QED) is 0.651. The predicted octanol–water partition coefficient (Wildman–Crippen LogP) is 2.87. The Bertz CT molecular complexity index is 1060. The highest BCUT2D eigenvalue weighted by Gasteiger charge is 2.36. The molecule has 0 N–H and O–H groups in total. The Morgan fingerprint density at radius 3 is 2.71 bits per heavy atom. The number of carbonyl (C=O) groups excluding carboxylic acids is 1. The van der Waals surface area contributed by atoms with Gasteiger partial charge in [-0.15, -0.1) is 5.10 Å². The number of rotatable bonds is 2. The Balaban J connectivity index is 1.61. The van der Waals surface area contributed by atoms with Crippen LogP contribution in [0.15, 0.2) is 30.5 Å². The van der Waals surface area contributed by atoms with Crippen LogP contribution in [-0.2, 0) is 26.2 Å². The molecule has 3 aromatic rings. The van der Waals surface area contributed by atoms with Gasteiger partial charge in [0.1, 0.15) is 5.69 Å². The van der Waals surface area contributed by atoms with Crippen molar-refractivity contribution < 1.29 is 18.0 Å². The zero-order valence-corrected chi connectivity index (χ0v) is 15.4. The summed E-state index contributed by atoms with van der Waals surface area (Å²) in [6.07, 6.45) is -2.41. The van der Waals surface area contributed by atoms with Crippen molar-refractivity contribution in [1.29, 1.82) is 0 Å². The normalized spacial score (nSPS) is 14.2. The smallest absolute Gasteiger partial charge is 0.332 e. The predicted molar refractivity (Wildman–Crippen MR) is 93.0 cm³/mol. The zero-order chi connectivity index (χ0) is 20.1. The van der Waals surface area contributed by atoms with Gasteiger partial charge >= 0.3 is 6.18 Å². The van der Waals surface area contributed by atoms with Gasteiger partial charge in [-0.2, -0.15) is 23.0 Å². The van der Waals surface area contributed by atoms with Crippen LogP contribution in [0.3, 0.4) is 0 Å². The molecule has 0 unspecified atom stereocenters. The molecule has 1 aliphatic heterocycles. The number of benzene rings is 1.